The van der Waals surface area contributed by atoms with Gasteiger partial charge in [-0.15, -0.1) is 0 Å². The lowest BCUT2D eigenvalue weighted by Gasteiger charge is -2.18. The van der Waals surface area contributed by atoms with Crippen molar-refractivity contribution in [2.45, 2.75) is 25.7 Å². The van der Waals surface area contributed by atoms with Crippen LogP contribution in [0.15, 0.2) is 48.8 Å². The van der Waals surface area contributed by atoms with E-state index >= 15 is 0 Å². The smallest absolute Gasteiger partial charge is 0.143 e. The SMILES string of the molecule is OCc1ccncc1OC1CCN(Cc2ccccc2)C1. The molecule has 2 heterocycles. The first kappa shape index (κ1) is 14.0. The molecule has 0 amide bonds. The summed E-state index contributed by atoms with van der Waals surface area (Å²) in [4.78, 5) is 6.47. The first-order chi connectivity index (χ1) is 10.3. The highest BCUT2D eigenvalue weighted by Gasteiger charge is 2.24. The molecule has 1 unspecified atom stereocenters. The molecule has 1 atom stereocenters. The van der Waals surface area contributed by atoms with Crippen LogP contribution in [0.25, 0.3) is 0 Å². The van der Waals surface area contributed by atoms with Gasteiger partial charge < -0.3 is 9.84 Å². The van der Waals surface area contributed by atoms with Crippen LogP contribution in [0.1, 0.15) is 17.5 Å². The highest BCUT2D eigenvalue weighted by atomic mass is 16.5. The number of aliphatic hydroxyl groups is 1. The van der Waals surface area contributed by atoms with E-state index in [-0.39, 0.29) is 12.7 Å². The molecule has 1 aliphatic heterocycles. The number of hydrogen-bond acceptors (Lipinski definition) is 4. The molecule has 21 heavy (non-hydrogen) atoms. The summed E-state index contributed by atoms with van der Waals surface area (Å²) in [6.07, 6.45) is 4.54. The number of pyridine rings is 1. The predicted octanol–water partition coefficient (Wildman–Crippen LogP) is 2.23. The first-order valence-corrected chi connectivity index (χ1v) is 7.32. The maximum atomic E-state index is 9.32. The zero-order valence-electron chi connectivity index (χ0n) is 12.0. The van der Waals surface area contributed by atoms with E-state index in [4.69, 9.17) is 4.74 Å². The molecule has 2 aromatic rings. The zero-order chi connectivity index (χ0) is 14.5. The predicted molar refractivity (Wildman–Crippen MR) is 80.9 cm³/mol. The van der Waals surface area contributed by atoms with Crippen molar-refractivity contribution < 1.29 is 9.84 Å². The van der Waals surface area contributed by atoms with Crippen molar-refractivity contribution in [2.24, 2.45) is 0 Å². The molecule has 1 aromatic carbocycles. The van der Waals surface area contributed by atoms with Gasteiger partial charge in [-0.25, -0.2) is 0 Å². The third kappa shape index (κ3) is 3.60. The molecule has 0 spiro atoms. The average molecular weight is 284 g/mol. The van der Waals surface area contributed by atoms with Crippen molar-refractivity contribution in [2.75, 3.05) is 13.1 Å². The second-order valence-electron chi connectivity index (χ2n) is 5.39. The number of hydrogen-bond donors (Lipinski definition) is 1. The van der Waals surface area contributed by atoms with E-state index in [1.807, 2.05) is 6.07 Å². The summed E-state index contributed by atoms with van der Waals surface area (Å²) in [5.74, 6) is 0.701. The largest absolute Gasteiger partial charge is 0.487 e. The third-order valence-corrected chi connectivity index (χ3v) is 3.81. The molecule has 0 aliphatic carbocycles. The van der Waals surface area contributed by atoms with Gasteiger partial charge in [-0.2, -0.15) is 0 Å². The van der Waals surface area contributed by atoms with Crippen LogP contribution in [0.3, 0.4) is 0 Å². The van der Waals surface area contributed by atoms with Gasteiger partial charge in [0.1, 0.15) is 11.9 Å². The van der Waals surface area contributed by atoms with Gasteiger partial charge in [0.2, 0.25) is 0 Å². The third-order valence-electron chi connectivity index (χ3n) is 3.81. The Morgan fingerprint density at radius 1 is 1.24 bits per heavy atom. The second-order valence-corrected chi connectivity index (χ2v) is 5.39. The second kappa shape index (κ2) is 6.70. The Bertz CT molecular complexity index is 574. The van der Waals surface area contributed by atoms with E-state index in [0.717, 1.165) is 31.6 Å². The monoisotopic (exact) mass is 284 g/mol. The van der Waals surface area contributed by atoms with E-state index in [2.05, 4.69) is 34.1 Å². The summed E-state index contributed by atoms with van der Waals surface area (Å²) in [5, 5.41) is 9.32. The lowest BCUT2D eigenvalue weighted by molar-refractivity contribution is 0.189. The van der Waals surface area contributed by atoms with Crippen LogP contribution in [0, 0.1) is 0 Å². The number of benzene rings is 1. The van der Waals surface area contributed by atoms with Crippen LogP contribution in [0.5, 0.6) is 5.75 Å². The van der Waals surface area contributed by atoms with Crippen molar-refractivity contribution in [3.05, 3.63) is 59.9 Å². The zero-order valence-corrected chi connectivity index (χ0v) is 12.0. The molecule has 1 N–H and O–H groups in total. The van der Waals surface area contributed by atoms with Gasteiger partial charge in [0.05, 0.1) is 12.8 Å². The summed E-state index contributed by atoms with van der Waals surface area (Å²) in [5.41, 5.74) is 2.13. The van der Waals surface area contributed by atoms with Gasteiger partial charge in [0, 0.05) is 31.4 Å². The molecule has 4 heteroatoms. The van der Waals surface area contributed by atoms with Crippen molar-refractivity contribution in [1.29, 1.82) is 0 Å². The van der Waals surface area contributed by atoms with Crippen LogP contribution in [0.4, 0.5) is 0 Å². The average Bonchev–Trinajstić information content (AvgIpc) is 2.96. The summed E-state index contributed by atoms with van der Waals surface area (Å²) >= 11 is 0. The molecular formula is C17H20N2O2. The normalized spacial score (nSPS) is 18.8. The van der Waals surface area contributed by atoms with E-state index in [9.17, 15) is 5.11 Å². The van der Waals surface area contributed by atoms with Crippen molar-refractivity contribution >= 4 is 0 Å². The number of likely N-dealkylation sites (tertiary alicyclic amines) is 1. The van der Waals surface area contributed by atoms with Gasteiger partial charge in [0.15, 0.2) is 0 Å². The summed E-state index contributed by atoms with van der Waals surface area (Å²) < 4.78 is 6.00. The van der Waals surface area contributed by atoms with Crippen LogP contribution < -0.4 is 4.74 Å². The fourth-order valence-corrected chi connectivity index (χ4v) is 2.70. The van der Waals surface area contributed by atoms with Crippen LogP contribution in [-0.4, -0.2) is 34.2 Å². The molecule has 1 aromatic heterocycles. The van der Waals surface area contributed by atoms with Crippen LogP contribution in [-0.2, 0) is 13.2 Å². The highest BCUT2D eigenvalue weighted by molar-refractivity contribution is 5.29. The first-order valence-electron chi connectivity index (χ1n) is 7.32. The minimum atomic E-state index is -0.0156. The Hall–Kier alpha value is -1.91. The molecule has 4 nitrogen and oxygen atoms in total. The van der Waals surface area contributed by atoms with E-state index in [1.165, 1.54) is 5.56 Å². The molecule has 3 rings (SSSR count). The Labute approximate surface area is 125 Å². The topological polar surface area (TPSA) is 45.6 Å². The van der Waals surface area contributed by atoms with Crippen molar-refractivity contribution in [1.82, 2.24) is 9.88 Å². The number of ether oxygens (including phenoxy) is 1. The standard InChI is InChI=1S/C17H20N2O2/c20-13-15-6-8-18-10-17(15)21-16-7-9-19(12-16)11-14-4-2-1-3-5-14/h1-6,8,10,16,20H,7,9,11-13H2. The Morgan fingerprint density at radius 3 is 2.90 bits per heavy atom. The molecule has 1 aliphatic rings. The molecular weight excluding hydrogens is 264 g/mol. The number of aliphatic hydroxyl groups excluding tert-OH is 1. The molecule has 1 saturated heterocycles. The van der Waals surface area contributed by atoms with Crippen LogP contribution >= 0.6 is 0 Å². The Balaban J connectivity index is 1.57. The van der Waals surface area contributed by atoms with Crippen LogP contribution in [0.2, 0.25) is 0 Å². The maximum Gasteiger partial charge on any atom is 0.143 e. The summed E-state index contributed by atoms with van der Waals surface area (Å²) in [6.45, 7) is 2.89. The van der Waals surface area contributed by atoms with Gasteiger partial charge >= 0.3 is 0 Å². The van der Waals surface area contributed by atoms with Gasteiger partial charge in [-0.3, -0.25) is 9.88 Å². The van der Waals surface area contributed by atoms with E-state index in [1.54, 1.807) is 18.5 Å². The maximum absolute atomic E-state index is 9.32. The number of aromatic nitrogens is 1. The Kier molecular flexibility index (Phi) is 4.48. The van der Waals surface area contributed by atoms with Crippen molar-refractivity contribution in [3.63, 3.8) is 0 Å². The quantitative estimate of drug-likeness (QED) is 0.914. The molecule has 1 fully saturated rings. The lowest BCUT2D eigenvalue weighted by Crippen LogP contribution is -2.24. The molecule has 0 saturated carbocycles. The summed E-state index contributed by atoms with van der Waals surface area (Å²) in [6, 6.07) is 12.3. The van der Waals surface area contributed by atoms with Gasteiger partial charge in [-0.05, 0) is 18.1 Å². The Morgan fingerprint density at radius 2 is 2.10 bits per heavy atom. The van der Waals surface area contributed by atoms with Gasteiger partial charge in [-0.1, -0.05) is 30.3 Å². The van der Waals surface area contributed by atoms with E-state index in [0.29, 0.717) is 5.75 Å². The molecule has 0 radical (unpaired) electrons. The fourth-order valence-electron chi connectivity index (χ4n) is 2.70. The van der Waals surface area contributed by atoms with Gasteiger partial charge in [0.25, 0.3) is 0 Å². The minimum Gasteiger partial charge on any atom is -0.487 e. The summed E-state index contributed by atoms with van der Waals surface area (Å²) in [7, 11) is 0. The highest BCUT2D eigenvalue weighted by Crippen LogP contribution is 2.22. The molecule has 110 valence electrons. The lowest BCUT2D eigenvalue weighted by atomic mass is 10.2. The van der Waals surface area contributed by atoms with Crippen molar-refractivity contribution in [3.8, 4) is 5.75 Å². The molecule has 0 bridgehead atoms. The number of rotatable bonds is 5. The van der Waals surface area contributed by atoms with E-state index < -0.39 is 0 Å². The number of nitrogens with zero attached hydrogens (tertiary/aromatic N) is 2. The minimum absolute atomic E-state index is 0.0156. The fraction of sp³-hybridized carbons (Fsp3) is 0.353.